The molecular weight excluding hydrogens is 472 g/mol. The van der Waals surface area contributed by atoms with Crippen LogP contribution in [0, 0.1) is 6.92 Å². The van der Waals surface area contributed by atoms with Crippen molar-refractivity contribution in [1.29, 1.82) is 0 Å². The van der Waals surface area contributed by atoms with Gasteiger partial charge in [0.05, 0.1) is 25.6 Å². The molecule has 0 saturated heterocycles. The fourth-order valence-electron chi connectivity index (χ4n) is 3.71. The second-order valence-electron chi connectivity index (χ2n) is 7.71. The summed E-state index contributed by atoms with van der Waals surface area (Å²) in [6.45, 7) is 4.42. The topological polar surface area (TPSA) is 110 Å². The minimum absolute atomic E-state index is 0.0598. The molecule has 2 aromatic carbocycles. The molecule has 0 aliphatic rings. The first-order valence-electron chi connectivity index (χ1n) is 10.8. The van der Waals surface area contributed by atoms with Crippen molar-refractivity contribution in [3.63, 3.8) is 0 Å². The lowest BCUT2D eigenvalue weighted by Gasteiger charge is -2.09. The maximum atomic E-state index is 13.1. The Morgan fingerprint density at radius 1 is 1.14 bits per heavy atom. The van der Waals surface area contributed by atoms with Crippen molar-refractivity contribution in [3.05, 3.63) is 75.8 Å². The number of methoxy groups -OCH3 is 1. The Morgan fingerprint density at radius 3 is 2.80 bits per heavy atom. The van der Waals surface area contributed by atoms with Gasteiger partial charge in [-0.05, 0) is 49.7 Å². The van der Waals surface area contributed by atoms with E-state index in [2.05, 4.69) is 20.2 Å². The van der Waals surface area contributed by atoms with Gasteiger partial charge in [0.25, 0.3) is 5.56 Å². The molecular formula is C24H21ClN6O4. The van der Waals surface area contributed by atoms with Crippen LogP contribution in [-0.4, -0.2) is 43.2 Å². The molecule has 5 rings (SSSR count). The van der Waals surface area contributed by atoms with Crippen LogP contribution in [0.5, 0.6) is 11.5 Å². The summed E-state index contributed by atoms with van der Waals surface area (Å²) in [6.07, 6.45) is 2.93. The summed E-state index contributed by atoms with van der Waals surface area (Å²) in [5.41, 5.74) is 2.56. The van der Waals surface area contributed by atoms with E-state index >= 15 is 0 Å². The van der Waals surface area contributed by atoms with Crippen molar-refractivity contribution in [2.24, 2.45) is 0 Å². The fraction of sp³-hybridized carbons (Fsp3) is 0.208. The Hall–Kier alpha value is -4.18. The van der Waals surface area contributed by atoms with Gasteiger partial charge in [-0.25, -0.2) is 9.67 Å². The van der Waals surface area contributed by atoms with Gasteiger partial charge in [0.15, 0.2) is 17.1 Å². The van der Waals surface area contributed by atoms with Crippen LogP contribution in [0.2, 0.25) is 5.02 Å². The van der Waals surface area contributed by atoms with E-state index in [0.29, 0.717) is 45.5 Å². The number of fused-ring (bicyclic) bond motifs is 1. The van der Waals surface area contributed by atoms with Gasteiger partial charge in [0.1, 0.15) is 18.3 Å². The highest BCUT2D eigenvalue weighted by molar-refractivity contribution is 6.30. The molecule has 0 amide bonds. The lowest BCUT2D eigenvalue weighted by Crippen LogP contribution is -2.21. The number of benzene rings is 2. The number of aryl methyl sites for hydroxylation is 1. The lowest BCUT2D eigenvalue weighted by atomic mass is 10.2. The summed E-state index contributed by atoms with van der Waals surface area (Å²) in [4.78, 5) is 22.0. The van der Waals surface area contributed by atoms with Gasteiger partial charge in [-0.15, -0.1) is 0 Å². The summed E-state index contributed by atoms with van der Waals surface area (Å²) in [5.74, 6) is 1.82. The number of nitrogens with zero attached hydrogens (tertiary/aromatic N) is 6. The second-order valence-corrected chi connectivity index (χ2v) is 8.15. The molecule has 178 valence electrons. The number of ether oxygens (including phenoxy) is 2. The Bertz CT molecular complexity index is 1590. The lowest BCUT2D eigenvalue weighted by molar-refractivity contribution is 0.311. The maximum Gasteiger partial charge on any atom is 0.264 e. The van der Waals surface area contributed by atoms with Gasteiger partial charge in [-0.3, -0.25) is 9.36 Å². The first-order valence-corrected chi connectivity index (χ1v) is 11.2. The van der Waals surface area contributed by atoms with Crippen molar-refractivity contribution < 1.29 is 14.0 Å². The highest BCUT2D eigenvalue weighted by Crippen LogP contribution is 2.31. The van der Waals surface area contributed by atoms with E-state index in [1.807, 2.05) is 26.0 Å². The Morgan fingerprint density at radius 2 is 2.00 bits per heavy atom. The number of rotatable bonds is 7. The van der Waals surface area contributed by atoms with Gasteiger partial charge < -0.3 is 14.0 Å². The number of halogens is 1. The Balaban J connectivity index is 1.44. The first kappa shape index (κ1) is 22.6. The third-order valence-corrected chi connectivity index (χ3v) is 5.68. The summed E-state index contributed by atoms with van der Waals surface area (Å²) >= 11 is 6.15. The minimum Gasteiger partial charge on any atom is -0.493 e. The normalized spacial score (nSPS) is 11.2. The van der Waals surface area contributed by atoms with Crippen molar-refractivity contribution in [1.82, 2.24) is 29.5 Å². The Kier molecular flexibility index (Phi) is 5.96. The van der Waals surface area contributed by atoms with Gasteiger partial charge in [-0.1, -0.05) is 22.8 Å². The molecule has 11 heteroatoms. The van der Waals surface area contributed by atoms with Gasteiger partial charge >= 0.3 is 0 Å². The highest BCUT2D eigenvalue weighted by Gasteiger charge is 2.16. The third-order valence-electron chi connectivity index (χ3n) is 5.45. The van der Waals surface area contributed by atoms with Crippen LogP contribution < -0.4 is 15.0 Å². The third kappa shape index (κ3) is 4.24. The summed E-state index contributed by atoms with van der Waals surface area (Å²) < 4.78 is 19.3. The van der Waals surface area contributed by atoms with Crippen LogP contribution in [0.4, 0.5) is 0 Å². The van der Waals surface area contributed by atoms with E-state index in [-0.39, 0.29) is 18.0 Å². The molecule has 0 N–H and O–H groups in total. The molecule has 0 unspecified atom stereocenters. The predicted molar refractivity (Wildman–Crippen MR) is 129 cm³/mol. The van der Waals surface area contributed by atoms with Crippen LogP contribution in [0.25, 0.3) is 28.1 Å². The van der Waals surface area contributed by atoms with Crippen molar-refractivity contribution >= 4 is 22.6 Å². The van der Waals surface area contributed by atoms with E-state index in [1.165, 1.54) is 17.1 Å². The predicted octanol–water partition coefficient (Wildman–Crippen LogP) is 4.05. The quantitative estimate of drug-likeness (QED) is 0.334. The molecule has 5 aromatic rings. The zero-order chi connectivity index (χ0) is 24.5. The van der Waals surface area contributed by atoms with E-state index in [4.69, 9.17) is 25.6 Å². The van der Waals surface area contributed by atoms with Crippen LogP contribution in [0.15, 0.2) is 58.2 Å². The molecule has 3 heterocycles. The van der Waals surface area contributed by atoms with Crippen molar-refractivity contribution in [2.45, 2.75) is 20.4 Å². The van der Waals surface area contributed by atoms with Crippen molar-refractivity contribution in [2.75, 3.05) is 13.7 Å². The molecule has 3 aromatic heterocycles. The first-order chi connectivity index (χ1) is 17.0. The van der Waals surface area contributed by atoms with Crippen LogP contribution in [-0.2, 0) is 6.54 Å². The maximum absolute atomic E-state index is 13.1. The van der Waals surface area contributed by atoms with Crippen LogP contribution in [0.1, 0.15) is 18.4 Å². The largest absolute Gasteiger partial charge is 0.493 e. The number of hydrogen-bond donors (Lipinski definition) is 0. The summed E-state index contributed by atoms with van der Waals surface area (Å²) in [7, 11) is 1.56. The molecule has 35 heavy (non-hydrogen) atoms. The van der Waals surface area contributed by atoms with Gasteiger partial charge in [0.2, 0.25) is 11.7 Å². The van der Waals surface area contributed by atoms with Gasteiger partial charge in [0, 0.05) is 10.6 Å². The average Bonchev–Trinajstić information content (AvgIpc) is 3.50. The smallest absolute Gasteiger partial charge is 0.264 e. The fourth-order valence-corrected chi connectivity index (χ4v) is 3.88. The molecule has 0 aliphatic heterocycles. The van der Waals surface area contributed by atoms with Crippen LogP contribution in [0.3, 0.4) is 0 Å². The molecule has 0 aliphatic carbocycles. The molecule has 0 bridgehead atoms. The second kappa shape index (κ2) is 9.22. The van der Waals surface area contributed by atoms with E-state index < -0.39 is 0 Å². The monoisotopic (exact) mass is 492 g/mol. The molecule has 10 nitrogen and oxygen atoms in total. The van der Waals surface area contributed by atoms with E-state index in [0.717, 1.165) is 11.3 Å². The SMILES string of the molecule is CCOc1ccc(-c2noc(Cn3cnc4c(cnn4-c4cc(Cl)ccc4C)c3=O)n2)cc1OC. The van der Waals surface area contributed by atoms with Crippen molar-refractivity contribution in [3.8, 4) is 28.6 Å². The van der Waals surface area contributed by atoms with Crippen LogP contribution >= 0.6 is 11.6 Å². The zero-order valence-corrected chi connectivity index (χ0v) is 20.0. The van der Waals surface area contributed by atoms with Gasteiger partial charge in [-0.2, -0.15) is 10.1 Å². The molecule has 0 fully saturated rings. The standard InChI is InChI=1S/C24H21ClN6O4/c1-4-34-19-8-6-15(9-20(19)33-3)22-28-21(35-29-22)12-30-13-26-23-17(24(30)32)11-27-31(23)18-10-16(25)7-5-14(18)2/h5-11,13H,4,12H2,1-3H3. The zero-order valence-electron chi connectivity index (χ0n) is 19.2. The van der Waals surface area contributed by atoms with E-state index in [1.54, 1.807) is 36.1 Å². The number of aromatic nitrogens is 6. The molecule has 0 saturated carbocycles. The average molecular weight is 493 g/mol. The summed E-state index contributed by atoms with van der Waals surface area (Å²) in [5, 5.41) is 9.34. The molecule has 0 spiro atoms. The van der Waals surface area contributed by atoms with E-state index in [9.17, 15) is 4.79 Å². The number of hydrogen-bond acceptors (Lipinski definition) is 8. The molecule has 0 radical (unpaired) electrons. The molecule has 0 atom stereocenters. The highest BCUT2D eigenvalue weighted by atomic mass is 35.5. The summed E-state index contributed by atoms with van der Waals surface area (Å²) in [6, 6.07) is 10.8. The Labute approximate surface area is 204 Å². The minimum atomic E-state index is -0.275.